The van der Waals surface area contributed by atoms with E-state index in [4.69, 9.17) is 4.52 Å². The van der Waals surface area contributed by atoms with E-state index in [1.54, 1.807) is 14.0 Å². The summed E-state index contributed by atoms with van der Waals surface area (Å²) < 4.78 is 5.10. The number of hydrogen-bond acceptors (Lipinski definition) is 5. The first-order chi connectivity index (χ1) is 11.0. The predicted molar refractivity (Wildman–Crippen MR) is 81.2 cm³/mol. The molecule has 1 atom stereocenters. The minimum absolute atomic E-state index is 0.0667. The van der Waals surface area contributed by atoms with E-state index in [2.05, 4.69) is 10.1 Å². The topological polar surface area (TPSA) is 79.5 Å². The number of carbonyl (C=O) groups excluding carboxylic acids is 2. The zero-order valence-electron chi connectivity index (χ0n) is 13.1. The van der Waals surface area contributed by atoms with Crippen LogP contribution in [0, 0.1) is 6.92 Å². The van der Waals surface area contributed by atoms with Crippen molar-refractivity contribution in [2.24, 2.45) is 0 Å². The largest absolute Gasteiger partial charge is 0.337 e. The summed E-state index contributed by atoms with van der Waals surface area (Å²) >= 11 is 0. The lowest BCUT2D eigenvalue weighted by atomic mass is 10.0. The van der Waals surface area contributed by atoms with Gasteiger partial charge in [0.05, 0.1) is 6.54 Å². The highest BCUT2D eigenvalue weighted by Gasteiger charge is 2.38. The van der Waals surface area contributed by atoms with Crippen LogP contribution in [0.4, 0.5) is 0 Å². The third-order valence-corrected chi connectivity index (χ3v) is 3.88. The Bertz CT molecular complexity index is 713. The van der Waals surface area contributed by atoms with E-state index in [-0.39, 0.29) is 24.9 Å². The molecule has 7 nitrogen and oxygen atoms in total. The van der Waals surface area contributed by atoms with Gasteiger partial charge in [0.15, 0.2) is 5.82 Å². The lowest BCUT2D eigenvalue weighted by molar-refractivity contribution is -0.155. The summed E-state index contributed by atoms with van der Waals surface area (Å²) in [6, 6.07) is 9.08. The Hall–Kier alpha value is -2.70. The summed E-state index contributed by atoms with van der Waals surface area (Å²) in [6.07, 6.45) is 0.461. The SMILES string of the molecule is Cc1noc(CN2C(=O)CN(C)C(=O)[C@@H]2Cc2ccccc2)n1. The van der Waals surface area contributed by atoms with Gasteiger partial charge in [-0.1, -0.05) is 35.5 Å². The quantitative estimate of drug-likeness (QED) is 0.833. The number of hydrogen-bond donors (Lipinski definition) is 0. The van der Waals surface area contributed by atoms with Crippen molar-refractivity contribution >= 4 is 11.8 Å². The summed E-state index contributed by atoms with van der Waals surface area (Å²) in [5, 5.41) is 3.73. The predicted octanol–water partition coefficient (Wildman–Crippen LogP) is 0.790. The number of aromatic nitrogens is 2. The van der Waals surface area contributed by atoms with Gasteiger partial charge in [0.2, 0.25) is 17.7 Å². The van der Waals surface area contributed by atoms with Crippen molar-refractivity contribution in [3.05, 3.63) is 47.6 Å². The molecule has 0 radical (unpaired) electrons. The number of nitrogens with zero attached hydrogens (tertiary/aromatic N) is 4. The van der Waals surface area contributed by atoms with Crippen molar-refractivity contribution in [1.29, 1.82) is 0 Å². The molecular weight excluding hydrogens is 296 g/mol. The first-order valence-electron chi connectivity index (χ1n) is 7.42. The van der Waals surface area contributed by atoms with Crippen LogP contribution >= 0.6 is 0 Å². The first kappa shape index (κ1) is 15.2. The number of benzene rings is 1. The molecule has 1 aliphatic heterocycles. The molecule has 3 rings (SSSR count). The second kappa shape index (κ2) is 6.20. The molecule has 23 heavy (non-hydrogen) atoms. The Morgan fingerprint density at radius 1 is 1.26 bits per heavy atom. The van der Waals surface area contributed by atoms with Gasteiger partial charge >= 0.3 is 0 Å². The molecule has 0 saturated carbocycles. The number of piperazine rings is 1. The zero-order chi connectivity index (χ0) is 16.4. The molecular formula is C16H18N4O3. The first-order valence-corrected chi connectivity index (χ1v) is 7.42. The minimum Gasteiger partial charge on any atom is -0.337 e. The molecule has 1 aromatic heterocycles. The number of likely N-dealkylation sites (N-methyl/N-ethyl adjacent to an activating group) is 1. The maximum absolute atomic E-state index is 12.5. The van der Waals surface area contributed by atoms with E-state index in [9.17, 15) is 9.59 Å². The smallest absolute Gasteiger partial charge is 0.246 e. The fourth-order valence-corrected chi connectivity index (χ4v) is 2.72. The van der Waals surface area contributed by atoms with Crippen molar-refractivity contribution in [2.45, 2.75) is 25.9 Å². The van der Waals surface area contributed by atoms with Crippen LogP contribution in [0.15, 0.2) is 34.9 Å². The molecule has 2 heterocycles. The molecule has 120 valence electrons. The highest BCUT2D eigenvalue weighted by molar-refractivity contribution is 5.94. The highest BCUT2D eigenvalue weighted by atomic mass is 16.5. The van der Waals surface area contributed by atoms with E-state index < -0.39 is 6.04 Å². The molecule has 1 aliphatic rings. The average molecular weight is 314 g/mol. The molecule has 0 bridgehead atoms. The fourth-order valence-electron chi connectivity index (χ4n) is 2.72. The Labute approximate surface area is 133 Å². The van der Waals surface area contributed by atoms with Gasteiger partial charge in [-0.2, -0.15) is 4.98 Å². The number of carbonyl (C=O) groups is 2. The van der Waals surface area contributed by atoms with Gasteiger partial charge < -0.3 is 14.3 Å². The third kappa shape index (κ3) is 3.23. The molecule has 0 unspecified atom stereocenters. The maximum atomic E-state index is 12.5. The number of rotatable bonds is 4. The summed E-state index contributed by atoms with van der Waals surface area (Å²) in [6.45, 7) is 1.93. The van der Waals surface area contributed by atoms with Crippen LogP contribution in [0.25, 0.3) is 0 Å². The highest BCUT2D eigenvalue weighted by Crippen LogP contribution is 2.19. The van der Waals surface area contributed by atoms with Crippen LogP contribution in [0.5, 0.6) is 0 Å². The zero-order valence-corrected chi connectivity index (χ0v) is 13.1. The summed E-state index contributed by atoms with van der Waals surface area (Å²) in [4.78, 5) is 32.1. The average Bonchev–Trinajstić information content (AvgIpc) is 2.95. The summed E-state index contributed by atoms with van der Waals surface area (Å²) in [5.41, 5.74) is 1.00. The van der Waals surface area contributed by atoms with Crippen LogP contribution in [-0.2, 0) is 22.6 Å². The number of aryl methyl sites for hydroxylation is 1. The third-order valence-electron chi connectivity index (χ3n) is 3.88. The van der Waals surface area contributed by atoms with Crippen molar-refractivity contribution in [3.63, 3.8) is 0 Å². The van der Waals surface area contributed by atoms with Gasteiger partial charge in [-0.05, 0) is 12.5 Å². The van der Waals surface area contributed by atoms with Gasteiger partial charge in [0, 0.05) is 13.5 Å². The molecule has 7 heteroatoms. The van der Waals surface area contributed by atoms with Crippen LogP contribution in [-0.4, -0.2) is 51.4 Å². The van der Waals surface area contributed by atoms with Gasteiger partial charge in [0.25, 0.3) is 0 Å². The second-order valence-corrected chi connectivity index (χ2v) is 5.66. The van der Waals surface area contributed by atoms with Crippen LogP contribution in [0.2, 0.25) is 0 Å². The molecule has 0 spiro atoms. The van der Waals surface area contributed by atoms with Gasteiger partial charge in [-0.3, -0.25) is 9.59 Å². The monoisotopic (exact) mass is 314 g/mol. The fraction of sp³-hybridized carbons (Fsp3) is 0.375. The number of amides is 2. The van der Waals surface area contributed by atoms with Crippen molar-refractivity contribution < 1.29 is 14.1 Å². The van der Waals surface area contributed by atoms with Crippen molar-refractivity contribution in [2.75, 3.05) is 13.6 Å². The maximum Gasteiger partial charge on any atom is 0.246 e. The normalized spacial score (nSPS) is 18.6. The van der Waals surface area contributed by atoms with Crippen LogP contribution < -0.4 is 0 Å². The Morgan fingerprint density at radius 3 is 2.65 bits per heavy atom. The van der Waals surface area contributed by atoms with Gasteiger partial charge in [-0.25, -0.2) is 0 Å². The second-order valence-electron chi connectivity index (χ2n) is 5.66. The van der Waals surface area contributed by atoms with Gasteiger partial charge in [-0.15, -0.1) is 0 Å². The van der Waals surface area contributed by atoms with Crippen LogP contribution in [0.1, 0.15) is 17.3 Å². The Balaban J connectivity index is 1.85. The minimum atomic E-state index is -0.559. The molecule has 1 aromatic carbocycles. The Kier molecular flexibility index (Phi) is 4.10. The molecule has 2 aromatic rings. The van der Waals surface area contributed by atoms with E-state index in [0.29, 0.717) is 18.1 Å². The van der Waals surface area contributed by atoms with Crippen molar-refractivity contribution in [1.82, 2.24) is 19.9 Å². The van der Waals surface area contributed by atoms with Crippen molar-refractivity contribution in [3.8, 4) is 0 Å². The van der Waals surface area contributed by atoms with E-state index in [1.165, 1.54) is 9.80 Å². The van der Waals surface area contributed by atoms with Crippen LogP contribution in [0.3, 0.4) is 0 Å². The summed E-state index contributed by atoms with van der Waals surface area (Å²) in [7, 11) is 1.65. The van der Waals surface area contributed by atoms with E-state index >= 15 is 0 Å². The lowest BCUT2D eigenvalue weighted by Gasteiger charge is -2.38. The lowest BCUT2D eigenvalue weighted by Crippen LogP contribution is -2.59. The summed E-state index contributed by atoms with van der Waals surface area (Å²) in [5.74, 6) is 0.646. The Morgan fingerprint density at radius 2 is 2.00 bits per heavy atom. The molecule has 0 aliphatic carbocycles. The molecule has 1 fully saturated rings. The molecule has 0 N–H and O–H groups in total. The molecule has 2 amide bonds. The van der Waals surface area contributed by atoms with Gasteiger partial charge in [0.1, 0.15) is 12.6 Å². The van der Waals surface area contributed by atoms with E-state index in [0.717, 1.165) is 5.56 Å². The standard InChI is InChI=1S/C16H18N4O3/c1-11-17-14(23-18-11)9-20-13(8-12-6-4-3-5-7-12)16(22)19(2)10-15(20)21/h3-7,13H,8-10H2,1-2H3/t13-/m0/s1. The molecule has 1 saturated heterocycles. The van der Waals surface area contributed by atoms with E-state index in [1.807, 2.05) is 30.3 Å².